The van der Waals surface area contributed by atoms with Crippen LogP contribution in [0.2, 0.25) is 0 Å². The largest absolute Gasteiger partial charge is 0.493 e. The van der Waals surface area contributed by atoms with Gasteiger partial charge >= 0.3 is 6.18 Å². The van der Waals surface area contributed by atoms with Gasteiger partial charge < -0.3 is 9.64 Å². The lowest BCUT2D eigenvalue weighted by Crippen LogP contribution is -2.49. The van der Waals surface area contributed by atoms with E-state index in [0.717, 1.165) is 42.8 Å². The van der Waals surface area contributed by atoms with Crippen LogP contribution in [-0.2, 0) is 6.18 Å². The van der Waals surface area contributed by atoms with Crippen LogP contribution in [0.4, 0.5) is 13.2 Å². The van der Waals surface area contributed by atoms with Crippen molar-refractivity contribution >= 4 is 16.7 Å². The summed E-state index contributed by atoms with van der Waals surface area (Å²) >= 11 is 0. The molecule has 5 rings (SSSR count). The van der Waals surface area contributed by atoms with Gasteiger partial charge in [0.05, 0.1) is 17.9 Å². The van der Waals surface area contributed by atoms with Crippen molar-refractivity contribution in [3.63, 3.8) is 0 Å². The first-order valence-corrected chi connectivity index (χ1v) is 15.5. The van der Waals surface area contributed by atoms with Gasteiger partial charge in [-0.05, 0) is 87.1 Å². The molecule has 0 spiro atoms. The predicted octanol–water partition coefficient (Wildman–Crippen LogP) is 6.12. The Balaban J connectivity index is 1.17. The molecular weight excluding hydrogens is 543 g/mol. The first-order chi connectivity index (χ1) is 18.9. The molecule has 3 saturated heterocycles. The Hall–Kier alpha value is -2.31. The third-order valence-electron chi connectivity index (χ3n) is 8.78. The Morgan fingerprint density at radius 1 is 1.07 bits per heavy atom. The van der Waals surface area contributed by atoms with Crippen molar-refractivity contribution in [3.8, 4) is 5.75 Å². The molecule has 0 aromatic heterocycles. The van der Waals surface area contributed by atoms with E-state index in [4.69, 9.17) is 4.74 Å². The minimum atomic E-state index is -4.42. The molecule has 0 radical (unpaired) electrons. The van der Waals surface area contributed by atoms with Gasteiger partial charge in [0, 0.05) is 49.9 Å². The van der Waals surface area contributed by atoms with Gasteiger partial charge in [0.25, 0.3) is 5.91 Å². The van der Waals surface area contributed by atoms with Crippen molar-refractivity contribution < 1.29 is 31.8 Å². The van der Waals surface area contributed by atoms with Gasteiger partial charge in [-0.15, -0.1) is 10.8 Å². The van der Waals surface area contributed by atoms with Crippen LogP contribution < -0.4 is 4.74 Å². The number of benzene rings is 2. The molecule has 40 heavy (non-hydrogen) atoms. The molecule has 11 heteroatoms. The van der Waals surface area contributed by atoms with Gasteiger partial charge in [0.15, 0.2) is 0 Å². The molecule has 3 aliphatic heterocycles. The van der Waals surface area contributed by atoms with Crippen LogP contribution in [0.25, 0.3) is 0 Å². The SMILES string of the molecule is Cc1c(OCCCN2CCCS2(O)O)ccc([C@@H](C)N2C[C@@H]3C[C@H]2CN3C(=O)c2ccc(C(F)(F)F)cc2)c1C. The maximum Gasteiger partial charge on any atom is 0.416 e. The number of rotatable bonds is 8. The molecule has 0 aliphatic carbocycles. The first kappa shape index (κ1) is 29.2. The number of ether oxygens (including phenoxy) is 1. The van der Waals surface area contributed by atoms with Crippen LogP contribution in [0.15, 0.2) is 36.4 Å². The highest BCUT2D eigenvalue weighted by Gasteiger charge is 2.47. The minimum Gasteiger partial charge on any atom is -0.493 e. The number of likely N-dealkylation sites (tertiary alicyclic amines) is 2. The third-order valence-corrected chi connectivity index (χ3v) is 10.8. The molecular formula is C29H38F3N3O4S. The predicted molar refractivity (Wildman–Crippen MR) is 150 cm³/mol. The van der Waals surface area contributed by atoms with Crippen molar-refractivity contribution in [1.82, 2.24) is 14.1 Å². The highest BCUT2D eigenvalue weighted by atomic mass is 32.3. The third kappa shape index (κ3) is 5.72. The summed E-state index contributed by atoms with van der Waals surface area (Å²) in [5, 5.41) is 0. The molecule has 2 aromatic rings. The molecule has 0 unspecified atom stereocenters. The minimum absolute atomic E-state index is 0.0419. The van der Waals surface area contributed by atoms with Crippen molar-refractivity contribution in [2.45, 2.75) is 64.3 Å². The van der Waals surface area contributed by atoms with Crippen LogP contribution in [0.3, 0.4) is 0 Å². The average molecular weight is 582 g/mol. The number of halogens is 3. The van der Waals surface area contributed by atoms with Crippen LogP contribution in [-0.4, -0.2) is 79.7 Å². The lowest BCUT2D eigenvalue weighted by atomic mass is 9.96. The zero-order valence-corrected chi connectivity index (χ0v) is 24.0. The van der Waals surface area contributed by atoms with Gasteiger partial charge in [-0.2, -0.15) is 13.2 Å². The fourth-order valence-electron chi connectivity index (χ4n) is 6.38. The maximum absolute atomic E-state index is 13.1. The zero-order valence-electron chi connectivity index (χ0n) is 23.2. The summed E-state index contributed by atoms with van der Waals surface area (Å²) in [5.74, 6) is 1.08. The van der Waals surface area contributed by atoms with Gasteiger partial charge in [0.1, 0.15) is 5.75 Å². The van der Waals surface area contributed by atoms with Gasteiger partial charge in [-0.1, -0.05) is 6.07 Å². The van der Waals surface area contributed by atoms with Crippen molar-refractivity contribution in [3.05, 3.63) is 64.2 Å². The number of hydrogen-bond donors (Lipinski definition) is 2. The number of nitrogens with zero attached hydrogens (tertiary/aromatic N) is 3. The van der Waals surface area contributed by atoms with Crippen LogP contribution in [0.1, 0.15) is 64.8 Å². The molecule has 2 aromatic carbocycles. The van der Waals surface area contributed by atoms with E-state index in [9.17, 15) is 27.1 Å². The van der Waals surface area contributed by atoms with Crippen LogP contribution in [0, 0.1) is 13.8 Å². The Labute approximate surface area is 235 Å². The molecule has 2 bridgehead atoms. The Bertz CT molecular complexity index is 1240. The second kappa shape index (κ2) is 11.2. The second-order valence-electron chi connectivity index (χ2n) is 11.2. The Kier molecular flexibility index (Phi) is 8.15. The fraction of sp³-hybridized carbons (Fsp3) is 0.552. The standard InChI is InChI=1S/C29H38F3N3O4S/c1-19-20(2)27(39-14-4-12-33-13-5-15-40(33,37)38)11-10-26(19)21(3)34-17-25-16-24(34)18-35(25)28(36)22-6-8-23(9-7-22)29(30,31)32/h6-11,21,24-25,37-38H,4-5,12-18H2,1-3H3/t21-,24+,25+/m1/s1. The quantitative estimate of drug-likeness (QED) is 0.366. The number of carbonyl (C=O) groups excluding carboxylic acids is 1. The summed E-state index contributed by atoms with van der Waals surface area (Å²) in [6, 6.07) is 8.98. The maximum atomic E-state index is 13.1. The molecule has 0 saturated carbocycles. The summed E-state index contributed by atoms with van der Waals surface area (Å²) < 4.78 is 66.6. The lowest BCUT2D eigenvalue weighted by molar-refractivity contribution is -0.137. The molecule has 3 atom stereocenters. The summed E-state index contributed by atoms with van der Waals surface area (Å²) in [4.78, 5) is 17.3. The lowest BCUT2D eigenvalue weighted by Gasteiger charge is -2.38. The molecule has 3 heterocycles. The number of piperazine rings is 1. The summed E-state index contributed by atoms with van der Waals surface area (Å²) in [6.07, 6.45) is -2.04. The highest BCUT2D eigenvalue weighted by molar-refractivity contribution is 8.22. The fourth-order valence-corrected chi connectivity index (χ4v) is 8.00. The van der Waals surface area contributed by atoms with Crippen LogP contribution >= 0.6 is 10.8 Å². The number of amides is 1. The van der Waals surface area contributed by atoms with Gasteiger partial charge in [-0.25, -0.2) is 4.31 Å². The van der Waals surface area contributed by atoms with Gasteiger partial charge in [0.2, 0.25) is 0 Å². The number of fused-ring (bicyclic) bond motifs is 2. The molecule has 220 valence electrons. The number of alkyl halides is 3. The van der Waals surface area contributed by atoms with Crippen molar-refractivity contribution in [1.29, 1.82) is 0 Å². The van der Waals surface area contributed by atoms with E-state index in [1.165, 1.54) is 23.3 Å². The van der Waals surface area contributed by atoms with Crippen molar-refractivity contribution in [2.75, 3.05) is 38.5 Å². The molecule has 2 N–H and O–H groups in total. The number of carbonyl (C=O) groups is 1. The van der Waals surface area contributed by atoms with Crippen molar-refractivity contribution in [2.24, 2.45) is 0 Å². The Morgan fingerprint density at radius 2 is 1.80 bits per heavy atom. The first-order valence-electron chi connectivity index (χ1n) is 13.8. The van der Waals surface area contributed by atoms with E-state index >= 15 is 0 Å². The van der Waals surface area contributed by atoms with Gasteiger partial charge in [-0.3, -0.25) is 18.8 Å². The molecule has 1 amide bonds. The topological polar surface area (TPSA) is 76.5 Å². The highest BCUT2D eigenvalue weighted by Crippen LogP contribution is 2.48. The van der Waals surface area contributed by atoms with E-state index in [1.807, 2.05) is 11.0 Å². The zero-order chi connectivity index (χ0) is 28.8. The number of hydrogen-bond acceptors (Lipinski definition) is 6. The summed E-state index contributed by atoms with van der Waals surface area (Å²) in [7, 11) is -2.59. The molecule has 3 aliphatic rings. The normalized spacial score (nSPS) is 24.4. The molecule has 3 fully saturated rings. The summed E-state index contributed by atoms with van der Waals surface area (Å²) in [6.45, 7) is 9.44. The summed E-state index contributed by atoms with van der Waals surface area (Å²) in [5.41, 5.74) is 2.99. The van der Waals surface area contributed by atoms with Crippen LogP contribution in [0.5, 0.6) is 5.75 Å². The van der Waals surface area contributed by atoms with E-state index in [-0.39, 0.29) is 29.6 Å². The van der Waals surface area contributed by atoms with E-state index in [2.05, 4.69) is 31.7 Å². The second-order valence-corrected chi connectivity index (χ2v) is 13.4. The monoisotopic (exact) mass is 581 g/mol. The smallest absolute Gasteiger partial charge is 0.416 e. The van der Waals surface area contributed by atoms with E-state index in [0.29, 0.717) is 38.4 Å². The Morgan fingerprint density at radius 3 is 2.40 bits per heavy atom. The van der Waals surface area contributed by atoms with E-state index in [1.54, 1.807) is 4.31 Å². The molecule has 7 nitrogen and oxygen atoms in total. The van der Waals surface area contributed by atoms with E-state index < -0.39 is 22.5 Å². The average Bonchev–Trinajstić information content (AvgIpc) is 3.61.